The van der Waals surface area contributed by atoms with E-state index in [2.05, 4.69) is 10.2 Å². The number of sulfonamides is 1. The van der Waals surface area contributed by atoms with Gasteiger partial charge in [0.2, 0.25) is 11.7 Å². The van der Waals surface area contributed by atoms with E-state index >= 15 is 0 Å². The van der Waals surface area contributed by atoms with Crippen LogP contribution >= 0.6 is 11.6 Å². The van der Waals surface area contributed by atoms with Gasteiger partial charge < -0.3 is 20.2 Å². The number of alkyl halides is 3. The number of carbonyl (C=O) groups excluding carboxylic acids is 2. The summed E-state index contributed by atoms with van der Waals surface area (Å²) in [4.78, 5) is 30.5. The number of nitrogens with zero attached hydrogens (tertiary/aromatic N) is 3. The third-order valence-electron chi connectivity index (χ3n) is 7.31. The lowest BCUT2D eigenvalue weighted by Crippen LogP contribution is -2.45. The average molecular weight is 653 g/mol. The van der Waals surface area contributed by atoms with Gasteiger partial charge in [-0.15, -0.1) is 0 Å². The van der Waals surface area contributed by atoms with Crippen molar-refractivity contribution in [3.8, 4) is 0 Å². The highest BCUT2D eigenvalue weighted by Gasteiger charge is 2.43. The van der Waals surface area contributed by atoms with Crippen molar-refractivity contribution in [2.75, 3.05) is 50.0 Å². The molecule has 232 valence electrons. The molecule has 0 spiro atoms. The molecule has 0 unspecified atom stereocenters. The van der Waals surface area contributed by atoms with Gasteiger partial charge in [0.15, 0.2) is 5.76 Å². The molecule has 0 saturated carbocycles. The predicted molar refractivity (Wildman–Crippen MR) is 155 cm³/mol. The number of Topliss-reactive ketones (excluding diaryl/α,β-unsaturated/α-hetero) is 1. The Balaban J connectivity index is 1.56. The molecule has 44 heavy (non-hydrogen) atoms. The Kier molecular flexibility index (Phi) is 8.35. The molecular formula is C29H25ClF4N4O5S. The van der Waals surface area contributed by atoms with Gasteiger partial charge in [-0.05, 0) is 67.7 Å². The largest absolute Gasteiger partial charge is 0.505 e. The van der Waals surface area contributed by atoms with Crippen molar-refractivity contribution in [2.45, 2.75) is 11.1 Å². The number of hydrogen-bond donors (Lipinski definition) is 2. The maximum atomic E-state index is 14.1. The van der Waals surface area contributed by atoms with Crippen molar-refractivity contribution < 1.29 is 40.7 Å². The molecule has 3 aromatic rings. The van der Waals surface area contributed by atoms with E-state index in [4.69, 9.17) is 11.6 Å². The molecule has 1 amide bonds. The molecule has 2 heterocycles. The fourth-order valence-electron chi connectivity index (χ4n) is 4.90. The maximum Gasteiger partial charge on any atom is 0.416 e. The third-order valence-corrected chi connectivity index (χ3v) is 9.39. The summed E-state index contributed by atoms with van der Waals surface area (Å²) in [6, 6.07) is 10.7. The first-order chi connectivity index (χ1) is 20.7. The van der Waals surface area contributed by atoms with E-state index in [-0.39, 0.29) is 16.8 Å². The van der Waals surface area contributed by atoms with Gasteiger partial charge in [-0.2, -0.15) is 13.2 Å². The van der Waals surface area contributed by atoms with E-state index in [1.165, 1.54) is 12.1 Å². The van der Waals surface area contributed by atoms with E-state index < -0.39 is 67.2 Å². The summed E-state index contributed by atoms with van der Waals surface area (Å²) in [5, 5.41) is 13.1. The number of aliphatic hydroxyl groups is 1. The maximum absolute atomic E-state index is 14.1. The van der Waals surface area contributed by atoms with Gasteiger partial charge in [-0.1, -0.05) is 11.6 Å². The number of hydrogen-bond acceptors (Lipinski definition) is 7. The zero-order valence-electron chi connectivity index (χ0n) is 23.0. The van der Waals surface area contributed by atoms with Crippen LogP contribution in [0.2, 0.25) is 5.02 Å². The fraction of sp³-hybridized carbons (Fsp3) is 0.241. The number of ketones is 1. The zero-order valence-corrected chi connectivity index (χ0v) is 24.6. The number of piperazine rings is 1. The van der Waals surface area contributed by atoms with Gasteiger partial charge in [0, 0.05) is 48.7 Å². The minimum Gasteiger partial charge on any atom is -0.505 e. The topological polar surface area (TPSA) is 110 Å². The lowest BCUT2D eigenvalue weighted by Gasteiger charge is -2.35. The zero-order chi connectivity index (χ0) is 32.0. The normalized spacial score (nSPS) is 18.2. The van der Waals surface area contributed by atoms with Gasteiger partial charge in [0.25, 0.3) is 10.0 Å². The molecule has 0 aromatic heterocycles. The summed E-state index contributed by atoms with van der Waals surface area (Å²) in [6.07, 6.45) is -4.61. The molecule has 2 N–H and O–H groups in total. The van der Waals surface area contributed by atoms with Gasteiger partial charge in [-0.25, -0.2) is 17.1 Å². The monoisotopic (exact) mass is 652 g/mol. The van der Waals surface area contributed by atoms with Crippen molar-refractivity contribution in [3.63, 3.8) is 0 Å². The van der Waals surface area contributed by atoms with Crippen molar-refractivity contribution in [3.05, 3.63) is 93.9 Å². The Morgan fingerprint density at radius 2 is 1.66 bits per heavy atom. The first-order valence-electron chi connectivity index (χ1n) is 13.2. The smallest absolute Gasteiger partial charge is 0.416 e. The molecule has 0 radical (unpaired) electrons. The number of carbonyl (C=O) groups is 2. The molecule has 1 saturated heterocycles. The minimum absolute atomic E-state index is 0.0680. The second-order valence-corrected chi connectivity index (χ2v) is 12.5. The number of nitrogens with one attached hydrogen (secondary N) is 1. The molecule has 0 bridgehead atoms. The number of aliphatic hydroxyl groups excluding tert-OH is 1. The van der Waals surface area contributed by atoms with Crippen LogP contribution in [0.4, 0.5) is 28.9 Å². The summed E-state index contributed by atoms with van der Waals surface area (Å²) >= 11 is 5.85. The van der Waals surface area contributed by atoms with Gasteiger partial charge in [0.1, 0.15) is 23.0 Å². The second kappa shape index (κ2) is 11.7. The average Bonchev–Trinajstić information content (AvgIpc) is 2.97. The molecule has 15 heteroatoms. The lowest BCUT2D eigenvalue weighted by atomic mass is 10.0. The van der Waals surface area contributed by atoms with Gasteiger partial charge in [-0.3, -0.25) is 9.59 Å². The number of benzene rings is 3. The highest BCUT2D eigenvalue weighted by Crippen LogP contribution is 2.38. The number of fused-ring (bicyclic) bond motifs is 1. The molecule has 3 aromatic carbocycles. The summed E-state index contributed by atoms with van der Waals surface area (Å²) in [7, 11) is -2.73. The molecule has 5 rings (SSSR count). The van der Waals surface area contributed by atoms with E-state index in [0.29, 0.717) is 23.1 Å². The summed E-state index contributed by atoms with van der Waals surface area (Å²) in [5.74, 6) is -3.65. The first-order valence-corrected chi connectivity index (χ1v) is 15.0. The van der Waals surface area contributed by atoms with E-state index in [9.17, 15) is 40.7 Å². The summed E-state index contributed by atoms with van der Waals surface area (Å²) in [6.45, 7) is 1.61. The van der Waals surface area contributed by atoms with Crippen LogP contribution in [0.3, 0.4) is 0 Å². The summed E-state index contributed by atoms with van der Waals surface area (Å²) in [5.41, 5.74) is -1.72. The van der Waals surface area contributed by atoms with E-state index in [1.807, 2.05) is 11.9 Å². The molecule has 1 fully saturated rings. The Morgan fingerprint density at radius 3 is 2.27 bits per heavy atom. The molecule has 0 aliphatic carbocycles. The Hall–Kier alpha value is -4.14. The van der Waals surface area contributed by atoms with Crippen molar-refractivity contribution in [1.82, 2.24) is 9.21 Å². The van der Waals surface area contributed by atoms with Crippen LogP contribution in [0.15, 0.2) is 71.3 Å². The number of anilines is 2. The number of likely N-dealkylation sites (N-methyl/N-ethyl adjacent to an activating group) is 1. The molecule has 9 nitrogen and oxygen atoms in total. The standard InChI is InChI=1S/C29H25ClF4N4O5S/c1-36-10-12-37(13-11-36)20-7-8-21-24(15-20)44(42,43)38(16-25(39)35-19-5-3-18(4-6-19)29(32,33)34)26(28(21)41)27(40)17-2-9-23(31)22(30)14-17/h2-9,14-15,40H,10-13,16H2,1H3,(H,35,39)/b27-26+. The van der Waals surface area contributed by atoms with Crippen LogP contribution in [-0.2, 0) is 21.0 Å². The highest BCUT2D eigenvalue weighted by atomic mass is 35.5. The van der Waals surface area contributed by atoms with Crippen LogP contribution in [0.5, 0.6) is 0 Å². The fourth-order valence-corrected chi connectivity index (χ4v) is 6.72. The van der Waals surface area contributed by atoms with Gasteiger partial charge in [0.05, 0.1) is 10.6 Å². The van der Waals surface area contributed by atoms with Crippen LogP contribution in [0.25, 0.3) is 5.76 Å². The van der Waals surface area contributed by atoms with E-state index in [1.54, 1.807) is 6.07 Å². The minimum atomic E-state index is -4.68. The SMILES string of the molecule is CN1CCN(c2ccc3c(c2)S(=O)(=O)N(CC(=O)Nc2ccc(C(F)(F)F)cc2)/C(=C(/O)c2ccc(F)c(Cl)c2)C3=O)CC1. The van der Waals surface area contributed by atoms with Crippen LogP contribution in [0.1, 0.15) is 21.5 Å². The lowest BCUT2D eigenvalue weighted by molar-refractivity contribution is -0.137. The Morgan fingerprint density at radius 1 is 1.00 bits per heavy atom. The number of amides is 1. The highest BCUT2D eigenvalue weighted by molar-refractivity contribution is 7.89. The van der Waals surface area contributed by atoms with Crippen LogP contribution in [0, 0.1) is 5.82 Å². The molecule has 2 aliphatic heterocycles. The van der Waals surface area contributed by atoms with Crippen LogP contribution in [-0.4, -0.2) is 74.2 Å². The summed E-state index contributed by atoms with van der Waals surface area (Å²) < 4.78 is 81.2. The quantitative estimate of drug-likeness (QED) is 0.227. The van der Waals surface area contributed by atoms with Crippen molar-refractivity contribution in [1.29, 1.82) is 0 Å². The Labute approximate surface area is 255 Å². The van der Waals surface area contributed by atoms with Crippen molar-refractivity contribution >= 4 is 50.4 Å². The van der Waals surface area contributed by atoms with Gasteiger partial charge >= 0.3 is 6.18 Å². The van der Waals surface area contributed by atoms with E-state index in [0.717, 1.165) is 55.6 Å². The van der Waals surface area contributed by atoms with Crippen molar-refractivity contribution in [2.24, 2.45) is 0 Å². The third kappa shape index (κ3) is 6.10. The Bertz CT molecular complexity index is 1770. The molecule has 2 aliphatic rings. The number of rotatable bonds is 5. The number of allylic oxidation sites excluding steroid dienone is 1. The predicted octanol–water partition coefficient (Wildman–Crippen LogP) is 5.00. The molecule has 0 atom stereocenters. The molecular weight excluding hydrogens is 628 g/mol. The number of halogens is 5. The van der Waals surface area contributed by atoms with Crippen LogP contribution < -0.4 is 10.2 Å². The second-order valence-electron chi connectivity index (χ2n) is 10.3. The first kappa shape index (κ1) is 31.3.